The number of aromatic nitrogens is 2. The van der Waals surface area contributed by atoms with Crippen molar-refractivity contribution in [3.63, 3.8) is 0 Å². The predicted octanol–water partition coefficient (Wildman–Crippen LogP) is 2.96. The molecule has 0 aliphatic carbocycles. The molecule has 7 nitrogen and oxygen atoms in total. The van der Waals surface area contributed by atoms with Crippen LogP contribution in [0.3, 0.4) is 0 Å². The minimum Gasteiger partial charge on any atom is -0.300 e. The van der Waals surface area contributed by atoms with E-state index in [1.165, 1.54) is 0 Å². The highest BCUT2D eigenvalue weighted by molar-refractivity contribution is 7.98. The monoisotopic (exact) mass is 356 g/mol. The topological polar surface area (TPSA) is 113 Å². The summed E-state index contributed by atoms with van der Waals surface area (Å²) < 4.78 is 38.5. The van der Waals surface area contributed by atoms with E-state index in [2.05, 4.69) is 9.97 Å². The van der Waals surface area contributed by atoms with E-state index in [1.807, 2.05) is 0 Å². The van der Waals surface area contributed by atoms with E-state index in [0.29, 0.717) is 12.1 Å². The third-order valence-corrected chi connectivity index (χ3v) is 3.56. The van der Waals surface area contributed by atoms with Crippen molar-refractivity contribution in [1.29, 1.82) is 5.26 Å². The fourth-order valence-corrected chi connectivity index (χ4v) is 2.31. The normalized spacial score (nSPS) is 11.1. The first kappa shape index (κ1) is 17.5. The van der Waals surface area contributed by atoms with E-state index in [9.17, 15) is 28.1 Å². The highest BCUT2D eigenvalue weighted by Gasteiger charge is 2.38. The van der Waals surface area contributed by atoms with Crippen LogP contribution in [0, 0.1) is 21.4 Å². The van der Waals surface area contributed by atoms with Gasteiger partial charge in [-0.3, -0.25) is 14.9 Å². The van der Waals surface area contributed by atoms with E-state index >= 15 is 0 Å². The molecule has 11 heteroatoms. The third kappa shape index (κ3) is 3.23. The Morgan fingerprint density at radius 2 is 2.08 bits per heavy atom. The summed E-state index contributed by atoms with van der Waals surface area (Å²) in [5.74, 6) is 0. The molecule has 0 aliphatic heterocycles. The molecule has 0 aliphatic rings. The number of alkyl halides is 3. The van der Waals surface area contributed by atoms with Gasteiger partial charge in [0.15, 0.2) is 5.16 Å². The molecule has 1 N–H and O–H groups in total. The number of rotatable bonds is 3. The first-order chi connectivity index (χ1) is 11.2. The van der Waals surface area contributed by atoms with Gasteiger partial charge in [-0.15, -0.1) is 0 Å². The molecule has 1 aromatic carbocycles. The van der Waals surface area contributed by atoms with Crippen molar-refractivity contribution in [3.8, 4) is 17.3 Å². The number of hydrogen-bond acceptors (Lipinski definition) is 6. The van der Waals surface area contributed by atoms with Crippen LogP contribution in [0.1, 0.15) is 11.1 Å². The number of nitriles is 1. The number of H-pyrrole nitrogens is 1. The van der Waals surface area contributed by atoms with Crippen LogP contribution >= 0.6 is 11.8 Å². The van der Waals surface area contributed by atoms with Crippen molar-refractivity contribution in [1.82, 2.24) is 9.97 Å². The van der Waals surface area contributed by atoms with Crippen LogP contribution in [0.15, 0.2) is 28.2 Å². The maximum atomic E-state index is 12.8. The minimum atomic E-state index is -4.91. The van der Waals surface area contributed by atoms with Gasteiger partial charge in [0, 0.05) is 11.6 Å². The molecule has 1 heterocycles. The minimum absolute atomic E-state index is 0.122. The van der Waals surface area contributed by atoms with Crippen LogP contribution in [-0.4, -0.2) is 21.1 Å². The first-order valence-corrected chi connectivity index (χ1v) is 7.36. The number of nitrogens with zero attached hydrogens (tertiary/aromatic N) is 3. The molecular formula is C13H7F3N4O3S. The number of thioether (sulfide) groups is 1. The van der Waals surface area contributed by atoms with Gasteiger partial charge in [0.2, 0.25) is 0 Å². The van der Waals surface area contributed by atoms with E-state index in [0.717, 1.165) is 17.8 Å². The maximum Gasteiger partial charge on any atom is 0.422 e. The Hall–Kier alpha value is -2.87. The molecule has 0 saturated heterocycles. The van der Waals surface area contributed by atoms with E-state index in [4.69, 9.17) is 5.26 Å². The van der Waals surface area contributed by atoms with Crippen LogP contribution in [0.5, 0.6) is 0 Å². The zero-order chi connectivity index (χ0) is 18.1. The number of nitro benzene ring substituents is 1. The molecule has 1 aromatic heterocycles. The summed E-state index contributed by atoms with van der Waals surface area (Å²) in [5, 5.41) is 20.1. The number of benzene rings is 1. The summed E-state index contributed by atoms with van der Waals surface area (Å²) >= 11 is 1.04. The Bertz CT molecular complexity index is 918. The quantitative estimate of drug-likeness (QED) is 0.391. The van der Waals surface area contributed by atoms with Gasteiger partial charge >= 0.3 is 6.18 Å². The second-order valence-electron chi connectivity index (χ2n) is 4.40. The molecule has 0 unspecified atom stereocenters. The summed E-state index contributed by atoms with van der Waals surface area (Å²) in [4.78, 5) is 27.9. The van der Waals surface area contributed by atoms with Gasteiger partial charge in [0.1, 0.15) is 17.2 Å². The van der Waals surface area contributed by atoms with E-state index in [-0.39, 0.29) is 16.4 Å². The summed E-state index contributed by atoms with van der Waals surface area (Å²) in [5.41, 5.74) is -4.19. The Balaban J connectivity index is 2.78. The van der Waals surface area contributed by atoms with Gasteiger partial charge in [-0.2, -0.15) is 18.4 Å². The third-order valence-electron chi connectivity index (χ3n) is 2.98. The zero-order valence-electron chi connectivity index (χ0n) is 11.8. The second-order valence-corrected chi connectivity index (χ2v) is 5.19. The molecular weight excluding hydrogens is 349 g/mol. The highest BCUT2D eigenvalue weighted by Crippen LogP contribution is 2.38. The Morgan fingerprint density at radius 1 is 1.42 bits per heavy atom. The van der Waals surface area contributed by atoms with Crippen molar-refractivity contribution in [2.45, 2.75) is 11.3 Å². The Labute approximate surface area is 136 Å². The summed E-state index contributed by atoms with van der Waals surface area (Å²) in [6.07, 6.45) is -3.33. The SMILES string of the molecule is CSc1nc(-c2ccc(C(F)(F)F)c([N+](=O)[O-])c2)c(C#N)c(=O)[nH]1. The average molecular weight is 356 g/mol. The zero-order valence-corrected chi connectivity index (χ0v) is 12.7. The molecule has 0 atom stereocenters. The largest absolute Gasteiger partial charge is 0.422 e. The first-order valence-electron chi connectivity index (χ1n) is 6.13. The van der Waals surface area contributed by atoms with Gasteiger partial charge in [-0.05, 0) is 12.3 Å². The smallest absolute Gasteiger partial charge is 0.300 e. The lowest BCUT2D eigenvalue weighted by Crippen LogP contribution is -2.15. The lowest BCUT2D eigenvalue weighted by Gasteiger charge is -2.10. The van der Waals surface area contributed by atoms with Crippen LogP contribution in [0.2, 0.25) is 0 Å². The van der Waals surface area contributed by atoms with Gasteiger partial charge < -0.3 is 4.98 Å². The van der Waals surface area contributed by atoms with Crippen LogP contribution in [0.4, 0.5) is 18.9 Å². The number of halogens is 3. The molecule has 124 valence electrons. The lowest BCUT2D eigenvalue weighted by atomic mass is 10.0. The van der Waals surface area contributed by atoms with Crippen LogP contribution < -0.4 is 5.56 Å². The predicted molar refractivity (Wildman–Crippen MR) is 78.4 cm³/mol. The van der Waals surface area contributed by atoms with Crippen LogP contribution in [-0.2, 0) is 6.18 Å². The Kier molecular flexibility index (Phi) is 4.61. The van der Waals surface area contributed by atoms with Crippen molar-refractivity contribution < 1.29 is 18.1 Å². The lowest BCUT2D eigenvalue weighted by molar-refractivity contribution is -0.388. The standard InChI is InChI=1S/C13H7F3N4O3S/c1-24-12-18-10(7(5-17)11(21)19-12)6-2-3-8(13(14,15)16)9(4-6)20(22)23/h2-4H,1H3,(H,18,19,21). The van der Waals surface area contributed by atoms with Crippen molar-refractivity contribution in [2.75, 3.05) is 6.26 Å². The summed E-state index contributed by atoms with van der Waals surface area (Å²) in [6, 6.07) is 3.71. The fourth-order valence-electron chi connectivity index (χ4n) is 1.93. The molecule has 0 fully saturated rings. The summed E-state index contributed by atoms with van der Waals surface area (Å²) in [7, 11) is 0. The van der Waals surface area contributed by atoms with Gasteiger partial charge in [-0.25, -0.2) is 4.98 Å². The molecule has 0 radical (unpaired) electrons. The fraction of sp³-hybridized carbons (Fsp3) is 0.154. The van der Waals surface area contributed by atoms with E-state index in [1.54, 1.807) is 12.3 Å². The molecule has 0 spiro atoms. The van der Waals surface area contributed by atoms with Crippen molar-refractivity contribution >= 4 is 17.4 Å². The molecule has 0 amide bonds. The van der Waals surface area contributed by atoms with Gasteiger partial charge in [-0.1, -0.05) is 17.8 Å². The Morgan fingerprint density at radius 3 is 2.58 bits per heavy atom. The molecule has 24 heavy (non-hydrogen) atoms. The highest BCUT2D eigenvalue weighted by atomic mass is 32.2. The van der Waals surface area contributed by atoms with Gasteiger partial charge in [0.05, 0.1) is 10.6 Å². The van der Waals surface area contributed by atoms with Crippen molar-refractivity contribution in [3.05, 3.63) is 49.8 Å². The average Bonchev–Trinajstić information content (AvgIpc) is 2.52. The van der Waals surface area contributed by atoms with Crippen LogP contribution in [0.25, 0.3) is 11.3 Å². The molecule has 2 rings (SSSR count). The number of nitro groups is 1. The molecule has 0 bridgehead atoms. The van der Waals surface area contributed by atoms with E-state index < -0.39 is 33.5 Å². The second kappa shape index (κ2) is 6.32. The van der Waals surface area contributed by atoms with Gasteiger partial charge in [0.25, 0.3) is 11.2 Å². The number of aromatic amines is 1. The van der Waals surface area contributed by atoms with Crippen molar-refractivity contribution in [2.24, 2.45) is 0 Å². The summed E-state index contributed by atoms with van der Waals surface area (Å²) in [6.45, 7) is 0. The molecule has 2 aromatic rings. The molecule has 0 saturated carbocycles. The number of nitrogens with one attached hydrogen (secondary N) is 1. The number of hydrogen-bond donors (Lipinski definition) is 1. The maximum absolute atomic E-state index is 12.8.